The molecule has 6 heteroatoms. The molecule has 0 radical (unpaired) electrons. The maximum absolute atomic E-state index is 11.3. The second-order valence-electron chi connectivity index (χ2n) is 4.37. The Bertz CT molecular complexity index is 567. The van der Waals surface area contributed by atoms with E-state index in [-0.39, 0.29) is 10.6 Å². The summed E-state index contributed by atoms with van der Waals surface area (Å²) in [6, 6.07) is 7.03. The molecule has 0 aliphatic carbocycles. The molecule has 1 aromatic heterocycles. The summed E-state index contributed by atoms with van der Waals surface area (Å²) in [5.41, 5.74) is 2.04. The quantitative estimate of drug-likeness (QED) is 0.596. The maximum Gasteiger partial charge on any atom is 0.315 e. The molecule has 0 spiro atoms. The van der Waals surface area contributed by atoms with E-state index in [1.54, 1.807) is 30.7 Å². The number of nitrogens with zero attached hydrogens (tertiary/aromatic N) is 1. The smallest absolute Gasteiger partial charge is 0.315 e. The number of hydrogen-bond acceptors (Lipinski definition) is 5. The Morgan fingerprint density at radius 1 is 1.25 bits per heavy atom. The lowest BCUT2D eigenvalue weighted by molar-refractivity contribution is -0.383. The van der Waals surface area contributed by atoms with Gasteiger partial charge in [-0.1, -0.05) is 13.0 Å². The van der Waals surface area contributed by atoms with Crippen LogP contribution in [0.25, 0.3) is 0 Å². The summed E-state index contributed by atoms with van der Waals surface area (Å²) < 4.78 is 4.97. The van der Waals surface area contributed by atoms with Crippen LogP contribution in [0.1, 0.15) is 18.9 Å². The first kappa shape index (κ1) is 13.9. The summed E-state index contributed by atoms with van der Waals surface area (Å²) in [6.45, 7) is 3.19. The van der Waals surface area contributed by atoms with Crippen LogP contribution in [0.4, 0.5) is 17.1 Å². The van der Waals surface area contributed by atoms with Crippen molar-refractivity contribution >= 4 is 17.1 Å². The highest BCUT2D eigenvalue weighted by Gasteiger charge is 2.19. The van der Waals surface area contributed by atoms with Crippen LogP contribution in [0, 0.1) is 10.1 Å². The van der Waals surface area contributed by atoms with Crippen LogP contribution >= 0.6 is 0 Å². The van der Waals surface area contributed by atoms with Gasteiger partial charge in [-0.25, -0.2) is 0 Å². The summed E-state index contributed by atoms with van der Waals surface area (Å²) >= 11 is 0. The lowest BCUT2D eigenvalue weighted by Gasteiger charge is -2.10. The van der Waals surface area contributed by atoms with Gasteiger partial charge in [0.25, 0.3) is 0 Å². The average Bonchev–Trinajstić information content (AvgIpc) is 2.95. The van der Waals surface area contributed by atoms with E-state index in [1.165, 1.54) is 0 Å². The van der Waals surface area contributed by atoms with E-state index >= 15 is 0 Å². The van der Waals surface area contributed by atoms with Crippen LogP contribution < -0.4 is 10.6 Å². The van der Waals surface area contributed by atoms with Crippen LogP contribution in [-0.2, 0) is 6.54 Å². The molecule has 0 saturated carbocycles. The van der Waals surface area contributed by atoms with Crippen LogP contribution in [0.5, 0.6) is 0 Å². The summed E-state index contributed by atoms with van der Waals surface area (Å²) in [5, 5.41) is 17.4. The molecular weight excluding hydrogens is 258 g/mol. The van der Waals surface area contributed by atoms with Crippen molar-refractivity contribution in [1.82, 2.24) is 0 Å². The lowest BCUT2D eigenvalue weighted by Crippen LogP contribution is -2.07. The van der Waals surface area contributed by atoms with Crippen molar-refractivity contribution in [3.8, 4) is 0 Å². The van der Waals surface area contributed by atoms with Gasteiger partial charge in [0.1, 0.15) is 11.4 Å². The molecule has 2 N–H and O–H groups in total. The van der Waals surface area contributed by atoms with Gasteiger partial charge < -0.3 is 15.1 Å². The van der Waals surface area contributed by atoms with Crippen molar-refractivity contribution in [3.05, 3.63) is 52.5 Å². The SMILES string of the molecule is CCCNc1cccc(NCc2ccoc2)c1[N+](=O)[O-]. The minimum Gasteiger partial charge on any atom is -0.472 e. The molecule has 2 aromatic rings. The fourth-order valence-corrected chi connectivity index (χ4v) is 1.88. The monoisotopic (exact) mass is 275 g/mol. The zero-order valence-electron chi connectivity index (χ0n) is 11.3. The van der Waals surface area contributed by atoms with Crippen molar-refractivity contribution < 1.29 is 9.34 Å². The molecule has 1 aromatic carbocycles. The number of benzene rings is 1. The number of nitro groups is 1. The lowest BCUT2D eigenvalue weighted by atomic mass is 10.2. The number of nitro benzene ring substituents is 1. The molecule has 2 rings (SSSR count). The Kier molecular flexibility index (Phi) is 4.60. The predicted molar refractivity (Wildman–Crippen MR) is 77.9 cm³/mol. The molecule has 0 bridgehead atoms. The number of para-hydroxylation sites is 1. The second-order valence-corrected chi connectivity index (χ2v) is 4.37. The van der Waals surface area contributed by atoms with E-state index in [4.69, 9.17) is 4.42 Å². The third kappa shape index (κ3) is 3.28. The Morgan fingerprint density at radius 2 is 2.00 bits per heavy atom. The van der Waals surface area contributed by atoms with Gasteiger partial charge >= 0.3 is 5.69 Å². The van der Waals surface area contributed by atoms with Crippen LogP contribution in [-0.4, -0.2) is 11.5 Å². The standard InChI is InChI=1S/C14H17N3O3/c1-2-7-15-12-4-3-5-13(14(12)17(18)19)16-9-11-6-8-20-10-11/h3-6,8,10,15-16H,2,7,9H2,1H3. The van der Waals surface area contributed by atoms with Crippen LogP contribution in [0.2, 0.25) is 0 Å². The first-order valence-corrected chi connectivity index (χ1v) is 6.48. The van der Waals surface area contributed by atoms with Gasteiger partial charge in [-0.3, -0.25) is 10.1 Å². The average molecular weight is 275 g/mol. The molecule has 6 nitrogen and oxygen atoms in total. The highest BCUT2D eigenvalue weighted by atomic mass is 16.6. The van der Waals surface area contributed by atoms with Gasteiger partial charge in [-0.15, -0.1) is 0 Å². The molecule has 1 heterocycles. The molecule has 0 unspecified atom stereocenters. The molecule has 0 fully saturated rings. The summed E-state index contributed by atoms with van der Waals surface area (Å²) in [4.78, 5) is 10.9. The Labute approximate surface area is 116 Å². The highest BCUT2D eigenvalue weighted by Crippen LogP contribution is 2.33. The number of nitrogens with one attached hydrogen (secondary N) is 2. The summed E-state index contributed by atoms with van der Waals surface area (Å²) in [5.74, 6) is 0. The minimum absolute atomic E-state index is 0.0736. The second kappa shape index (κ2) is 6.60. The Morgan fingerprint density at radius 3 is 2.60 bits per heavy atom. The van der Waals surface area contributed by atoms with Gasteiger partial charge in [0.15, 0.2) is 0 Å². The zero-order valence-corrected chi connectivity index (χ0v) is 11.3. The molecular formula is C14H17N3O3. The Hall–Kier alpha value is -2.50. The van der Waals surface area contributed by atoms with Gasteiger partial charge in [0.05, 0.1) is 17.4 Å². The zero-order chi connectivity index (χ0) is 14.4. The van der Waals surface area contributed by atoms with Crippen molar-refractivity contribution in [2.45, 2.75) is 19.9 Å². The molecule has 20 heavy (non-hydrogen) atoms. The summed E-state index contributed by atoms with van der Waals surface area (Å²) in [7, 11) is 0. The van der Waals surface area contributed by atoms with E-state index in [2.05, 4.69) is 10.6 Å². The fraction of sp³-hybridized carbons (Fsp3) is 0.286. The number of hydrogen-bond donors (Lipinski definition) is 2. The molecule has 0 atom stereocenters. The number of anilines is 2. The maximum atomic E-state index is 11.3. The first-order valence-electron chi connectivity index (χ1n) is 6.48. The largest absolute Gasteiger partial charge is 0.472 e. The van der Waals surface area contributed by atoms with Crippen molar-refractivity contribution in [1.29, 1.82) is 0 Å². The minimum atomic E-state index is -0.365. The highest BCUT2D eigenvalue weighted by molar-refractivity contribution is 5.76. The third-order valence-electron chi connectivity index (χ3n) is 2.85. The molecule has 0 aliphatic rings. The molecule has 0 aliphatic heterocycles. The van der Waals surface area contributed by atoms with Gasteiger partial charge in [-0.05, 0) is 24.6 Å². The van der Waals surface area contributed by atoms with E-state index in [9.17, 15) is 10.1 Å². The molecule has 0 saturated heterocycles. The normalized spacial score (nSPS) is 10.2. The molecule has 0 amide bonds. The van der Waals surface area contributed by atoms with Gasteiger partial charge in [0, 0.05) is 18.7 Å². The van der Waals surface area contributed by atoms with Crippen molar-refractivity contribution in [2.75, 3.05) is 17.2 Å². The molecule has 106 valence electrons. The van der Waals surface area contributed by atoms with Crippen LogP contribution in [0.15, 0.2) is 41.2 Å². The van der Waals surface area contributed by atoms with E-state index < -0.39 is 0 Å². The van der Waals surface area contributed by atoms with Crippen molar-refractivity contribution in [2.24, 2.45) is 0 Å². The van der Waals surface area contributed by atoms with E-state index in [0.717, 1.165) is 12.0 Å². The van der Waals surface area contributed by atoms with Gasteiger partial charge in [0.2, 0.25) is 0 Å². The van der Waals surface area contributed by atoms with Gasteiger partial charge in [-0.2, -0.15) is 0 Å². The Balaban J connectivity index is 2.20. The van der Waals surface area contributed by atoms with Crippen molar-refractivity contribution in [3.63, 3.8) is 0 Å². The summed E-state index contributed by atoms with van der Waals surface area (Å²) in [6.07, 6.45) is 4.09. The topological polar surface area (TPSA) is 80.3 Å². The predicted octanol–water partition coefficient (Wildman–Crippen LogP) is 3.62. The first-order chi connectivity index (χ1) is 9.72. The number of furan rings is 1. The third-order valence-corrected chi connectivity index (χ3v) is 2.85. The van der Waals surface area contributed by atoms with E-state index in [1.807, 2.05) is 13.0 Å². The number of rotatable bonds is 7. The fourth-order valence-electron chi connectivity index (χ4n) is 1.88. The van der Waals surface area contributed by atoms with E-state index in [0.29, 0.717) is 24.5 Å². The van der Waals surface area contributed by atoms with Crippen LogP contribution in [0.3, 0.4) is 0 Å².